The molecule has 1 aliphatic rings. The van der Waals surface area contributed by atoms with Gasteiger partial charge in [0.15, 0.2) is 0 Å². The van der Waals surface area contributed by atoms with Crippen molar-refractivity contribution in [1.29, 1.82) is 0 Å². The van der Waals surface area contributed by atoms with Crippen LogP contribution in [0.3, 0.4) is 0 Å². The summed E-state index contributed by atoms with van der Waals surface area (Å²) >= 11 is 0. The minimum Gasteiger partial charge on any atom is -0.354 e. The Balaban J connectivity index is 1.99. The normalized spacial score (nSPS) is 18.9. The Morgan fingerprint density at radius 1 is 1.31 bits per heavy atom. The number of nitrogens with one attached hydrogen (secondary N) is 1. The molecule has 1 atom stereocenters. The summed E-state index contributed by atoms with van der Waals surface area (Å²) in [6.45, 7) is 1.63. The Labute approximate surface area is 94.1 Å². The second kappa shape index (κ2) is 3.64. The van der Waals surface area contributed by atoms with Crippen LogP contribution >= 0.6 is 0 Å². The number of nitrogens with two attached hydrogens (primary N) is 1. The maximum Gasteiger partial charge on any atom is 0.203 e. The van der Waals surface area contributed by atoms with Crippen LogP contribution in [0.2, 0.25) is 0 Å². The molecule has 0 saturated heterocycles. The summed E-state index contributed by atoms with van der Waals surface area (Å²) in [6.07, 6.45) is 2.05. The Hall–Kier alpha value is -1.81. The van der Waals surface area contributed by atoms with Crippen molar-refractivity contribution in [2.75, 3.05) is 11.9 Å². The molecule has 0 radical (unpaired) electrons. The van der Waals surface area contributed by atoms with E-state index in [1.165, 1.54) is 0 Å². The molecular formula is C12H14N4. The van der Waals surface area contributed by atoms with Gasteiger partial charge in [-0.15, -0.1) is 0 Å². The van der Waals surface area contributed by atoms with E-state index in [1.54, 1.807) is 0 Å². The first-order valence-corrected chi connectivity index (χ1v) is 5.45. The van der Waals surface area contributed by atoms with Gasteiger partial charge in [0, 0.05) is 30.9 Å². The van der Waals surface area contributed by atoms with Crippen molar-refractivity contribution in [2.24, 2.45) is 5.73 Å². The minimum atomic E-state index is 0.172. The van der Waals surface area contributed by atoms with E-state index in [-0.39, 0.29) is 6.04 Å². The first kappa shape index (κ1) is 9.42. The van der Waals surface area contributed by atoms with Crippen LogP contribution in [0.5, 0.6) is 0 Å². The lowest BCUT2D eigenvalue weighted by Crippen LogP contribution is -2.38. The number of anilines is 1. The molecule has 4 heteroatoms. The van der Waals surface area contributed by atoms with Gasteiger partial charge in [0.1, 0.15) is 0 Å². The molecule has 1 aliphatic heterocycles. The van der Waals surface area contributed by atoms with E-state index >= 15 is 0 Å². The van der Waals surface area contributed by atoms with Crippen molar-refractivity contribution < 1.29 is 0 Å². The fourth-order valence-corrected chi connectivity index (χ4v) is 1.98. The smallest absolute Gasteiger partial charge is 0.203 e. The molecule has 0 amide bonds. The van der Waals surface area contributed by atoms with Crippen LogP contribution in [-0.4, -0.2) is 22.1 Å². The Kier molecular flexibility index (Phi) is 2.15. The lowest BCUT2D eigenvalue weighted by molar-refractivity contribution is 0.542. The van der Waals surface area contributed by atoms with Crippen LogP contribution in [-0.2, 0) is 6.54 Å². The number of fused-ring (bicyclic) bond motifs is 1. The second-order valence-electron chi connectivity index (χ2n) is 4.11. The van der Waals surface area contributed by atoms with Crippen molar-refractivity contribution >= 4 is 5.95 Å². The second-order valence-corrected chi connectivity index (χ2v) is 4.11. The van der Waals surface area contributed by atoms with E-state index in [4.69, 9.17) is 5.73 Å². The SMILES string of the molecule is NC1CNc2nc(-c3ccccc3)cn2C1. The Morgan fingerprint density at radius 3 is 2.94 bits per heavy atom. The van der Waals surface area contributed by atoms with Gasteiger partial charge in [-0.2, -0.15) is 0 Å². The molecule has 3 rings (SSSR count). The number of hydrogen-bond donors (Lipinski definition) is 2. The molecule has 0 aliphatic carbocycles. The fourth-order valence-electron chi connectivity index (χ4n) is 1.98. The predicted molar refractivity (Wildman–Crippen MR) is 64.1 cm³/mol. The van der Waals surface area contributed by atoms with Gasteiger partial charge in [0.2, 0.25) is 5.95 Å². The summed E-state index contributed by atoms with van der Waals surface area (Å²) in [5.74, 6) is 0.917. The van der Waals surface area contributed by atoms with Crippen LogP contribution in [0.4, 0.5) is 5.95 Å². The maximum absolute atomic E-state index is 5.89. The van der Waals surface area contributed by atoms with Gasteiger partial charge in [-0.1, -0.05) is 30.3 Å². The van der Waals surface area contributed by atoms with E-state index in [9.17, 15) is 0 Å². The molecule has 2 aromatic rings. The number of imidazole rings is 1. The minimum absolute atomic E-state index is 0.172. The zero-order chi connectivity index (χ0) is 11.0. The molecule has 82 valence electrons. The molecule has 16 heavy (non-hydrogen) atoms. The fraction of sp³-hybridized carbons (Fsp3) is 0.250. The number of rotatable bonds is 1. The van der Waals surface area contributed by atoms with Crippen LogP contribution < -0.4 is 11.1 Å². The van der Waals surface area contributed by atoms with Gasteiger partial charge < -0.3 is 15.6 Å². The van der Waals surface area contributed by atoms with Gasteiger partial charge in [0.25, 0.3) is 0 Å². The zero-order valence-electron chi connectivity index (χ0n) is 8.93. The molecule has 0 spiro atoms. The van der Waals surface area contributed by atoms with E-state index < -0.39 is 0 Å². The van der Waals surface area contributed by atoms with Gasteiger partial charge in [-0.05, 0) is 0 Å². The molecule has 3 N–H and O–H groups in total. The van der Waals surface area contributed by atoms with Crippen LogP contribution in [0.1, 0.15) is 0 Å². The molecule has 1 unspecified atom stereocenters. The van der Waals surface area contributed by atoms with Crippen molar-refractivity contribution in [1.82, 2.24) is 9.55 Å². The number of benzene rings is 1. The van der Waals surface area contributed by atoms with Crippen molar-refractivity contribution in [3.8, 4) is 11.3 Å². The Morgan fingerprint density at radius 2 is 2.12 bits per heavy atom. The zero-order valence-corrected chi connectivity index (χ0v) is 8.93. The summed E-state index contributed by atoms with van der Waals surface area (Å²) in [5, 5.41) is 3.23. The highest BCUT2D eigenvalue weighted by molar-refractivity contribution is 5.60. The van der Waals surface area contributed by atoms with Gasteiger partial charge in [-0.3, -0.25) is 0 Å². The van der Waals surface area contributed by atoms with E-state index in [0.717, 1.165) is 30.3 Å². The van der Waals surface area contributed by atoms with Gasteiger partial charge >= 0.3 is 0 Å². The summed E-state index contributed by atoms with van der Waals surface area (Å²) in [6, 6.07) is 10.3. The third kappa shape index (κ3) is 1.57. The molecule has 0 bridgehead atoms. The van der Waals surface area contributed by atoms with Gasteiger partial charge in [-0.25, -0.2) is 4.98 Å². The largest absolute Gasteiger partial charge is 0.354 e. The summed E-state index contributed by atoms with van der Waals surface area (Å²) in [5.41, 5.74) is 8.02. The van der Waals surface area contributed by atoms with Crippen LogP contribution in [0.25, 0.3) is 11.3 Å². The maximum atomic E-state index is 5.89. The number of hydrogen-bond acceptors (Lipinski definition) is 3. The van der Waals surface area contributed by atoms with Crippen molar-refractivity contribution in [2.45, 2.75) is 12.6 Å². The highest BCUT2D eigenvalue weighted by Gasteiger charge is 2.16. The molecule has 4 nitrogen and oxygen atoms in total. The van der Waals surface area contributed by atoms with Crippen molar-refractivity contribution in [3.63, 3.8) is 0 Å². The van der Waals surface area contributed by atoms with E-state index in [1.807, 2.05) is 18.2 Å². The van der Waals surface area contributed by atoms with E-state index in [0.29, 0.717) is 0 Å². The standard InChI is InChI=1S/C12H14N4/c13-10-6-14-12-15-11(8-16(12)7-10)9-4-2-1-3-5-9/h1-5,8,10H,6-7,13H2,(H,14,15). The summed E-state index contributed by atoms with van der Waals surface area (Å²) in [4.78, 5) is 4.55. The average Bonchev–Trinajstić information content (AvgIpc) is 2.73. The summed E-state index contributed by atoms with van der Waals surface area (Å²) < 4.78 is 2.08. The molecule has 1 aromatic heterocycles. The average molecular weight is 214 g/mol. The molecule has 1 aromatic carbocycles. The monoisotopic (exact) mass is 214 g/mol. The Bertz CT molecular complexity index is 489. The van der Waals surface area contributed by atoms with E-state index in [2.05, 4.69) is 33.2 Å². The van der Waals surface area contributed by atoms with Crippen LogP contribution in [0.15, 0.2) is 36.5 Å². The molecule has 2 heterocycles. The first-order valence-electron chi connectivity index (χ1n) is 5.45. The topological polar surface area (TPSA) is 55.9 Å². The highest BCUT2D eigenvalue weighted by atomic mass is 15.2. The third-order valence-corrected chi connectivity index (χ3v) is 2.80. The molecular weight excluding hydrogens is 200 g/mol. The predicted octanol–water partition coefficient (Wildman–Crippen LogP) is 1.30. The van der Waals surface area contributed by atoms with Gasteiger partial charge in [0.05, 0.1) is 5.69 Å². The lowest BCUT2D eigenvalue weighted by Gasteiger charge is -2.21. The lowest BCUT2D eigenvalue weighted by atomic mass is 10.2. The number of aromatic nitrogens is 2. The molecule has 0 fully saturated rings. The molecule has 0 saturated carbocycles. The number of nitrogens with zero attached hydrogens (tertiary/aromatic N) is 2. The quantitative estimate of drug-likeness (QED) is 0.752. The first-order chi connectivity index (χ1) is 7.83. The highest BCUT2D eigenvalue weighted by Crippen LogP contribution is 2.22. The van der Waals surface area contributed by atoms with Crippen molar-refractivity contribution in [3.05, 3.63) is 36.5 Å². The third-order valence-electron chi connectivity index (χ3n) is 2.80. The van der Waals surface area contributed by atoms with Crippen LogP contribution in [0, 0.1) is 0 Å². The summed E-state index contributed by atoms with van der Waals surface area (Å²) in [7, 11) is 0.